The van der Waals surface area contributed by atoms with E-state index >= 15 is 0 Å². The summed E-state index contributed by atoms with van der Waals surface area (Å²) in [7, 11) is 0. The van der Waals surface area contributed by atoms with E-state index in [1.807, 2.05) is 12.1 Å². The standard InChI is InChI=1S/C24H26F3N3O/c1-16-7-9-18-5-4-6-21(19(18)13-16)29-23(31)28-15-17-8-10-20(24(25,26)27)22(14-17)30-11-2-3-12-30/h4-6,8,10,14H,1-3,7,9,11-13,15H2,(H2,28,29,31). The monoisotopic (exact) mass is 429 g/mol. The SMILES string of the molecule is C=C1CCc2cccc(NC(=O)NCc3ccc(C(F)(F)F)c(N4CCCC4)c3)c2C1. The second-order valence-corrected chi connectivity index (χ2v) is 8.22. The number of rotatable bonds is 4. The third-order valence-corrected chi connectivity index (χ3v) is 5.96. The molecule has 2 N–H and O–H groups in total. The number of carbonyl (C=O) groups excluding carboxylic acids is 1. The van der Waals surface area contributed by atoms with Crippen molar-refractivity contribution in [2.24, 2.45) is 0 Å². The lowest BCUT2D eigenvalue weighted by atomic mass is 9.88. The molecule has 164 valence electrons. The Kier molecular flexibility index (Phi) is 5.94. The van der Waals surface area contributed by atoms with Crippen molar-refractivity contribution in [1.82, 2.24) is 5.32 Å². The van der Waals surface area contributed by atoms with Crippen molar-refractivity contribution in [2.45, 2.75) is 44.8 Å². The van der Waals surface area contributed by atoms with Gasteiger partial charge >= 0.3 is 12.2 Å². The summed E-state index contributed by atoms with van der Waals surface area (Å²) >= 11 is 0. The van der Waals surface area contributed by atoms with Crippen LogP contribution in [0.25, 0.3) is 0 Å². The number of aryl methyl sites for hydroxylation is 1. The van der Waals surface area contributed by atoms with Crippen LogP contribution in [0.2, 0.25) is 0 Å². The molecule has 0 atom stereocenters. The minimum Gasteiger partial charge on any atom is -0.371 e. The van der Waals surface area contributed by atoms with E-state index < -0.39 is 11.7 Å². The van der Waals surface area contributed by atoms with E-state index in [9.17, 15) is 18.0 Å². The first-order chi connectivity index (χ1) is 14.8. The molecule has 0 saturated carbocycles. The Labute approximate surface area is 180 Å². The van der Waals surface area contributed by atoms with E-state index in [-0.39, 0.29) is 18.3 Å². The molecule has 0 bridgehead atoms. The molecule has 2 amide bonds. The Hall–Kier alpha value is -2.96. The number of carbonyl (C=O) groups is 1. The molecule has 7 heteroatoms. The third kappa shape index (κ3) is 4.86. The van der Waals surface area contributed by atoms with Gasteiger partial charge in [0.1, 0.15) is 0 Å². The second-order valence-electron chi connectivity index (χ2n) is 8.22. The minimum atomic E-state index is -4.41. The van der Waals surface area contributed by atoms with E-state index in [0.29, 0.717) is 18.7 Å². The lowest BCUT2D eigenvalue weighted by molar-refractivity contribution is -0.137. The summed E-state index contributed by atoms with van der Waals surface area (Å²) in [5.41, 5.74) is 4.39. The smallest absolute Gasteiger partial charge is 0.371 e. The average molecular weight is 429 g/mol. The molecule has 1 aliphatic heterocycles. The van der Waals surface area contributed by atoms with E-state index in [1.165, 1.54) is 11.6 Å². The van der Waals surface area contributed by atoms with Crippen molar-refractivity contribution in [3.05, 3.63) is 70.8 Å². The van der Waals surface area contributed by atoms with Gasteiger partial charge < -0.3 is 15.5 Å². The fourth-order valence-corrected chi connectivity index (χ4v) is 4.34. The van der Waals surface area contributed by atoms with Gasteiger partial charge in [0.15, 0.2) is 0 Å². The van der Waals surface area contributed by atoms with Gasteiger partial charge in [-0.2, -0.15) is 13.2 Å². The van der Waals surface area contributed by atoms with Crippen LogP contribution in [0.5, 0.6) is 0 Å². The number of nitrogens with one attached hydrogen (secondary N) is 2. The van der Waals surface area contributed by atoms with Crippen molar-refractivity contribution in [2.75, 3.05) is 23.3 Å². The van der Waals surface area contributed by atoms with E-state index in [4.69, 9.17) is 0 Å². The van der Waals surface area contributed by atoms with Gasteiger partial charge in [-0.25, -0.2) is 4.79 Å². The topological polar surface area (TPSA) is 44.4 Å². The molecule has 1 aliphatic carbocycles. The maximum atomic E-state index is 13.4. The summed E-state index contributed by atoms with van der Waals surface area (Å²) in [5, 5.41) is 5.65. The molecule has 4 nitrogen and oxygen atoms in total. The highest BCUT2D eigenvalue weighted by molar-refractivity contribution is 5.90. The quantitative estimate of drug-likeness (QED) is 0.615. The van der Waals surface area contributed by atoms with Crippen LogP contribution in [0.4, 0.5) is 29.3 Å². The fourth-order valence-electron chi connectivity index (χ4n) is 4.34. The van der Waals surface area contributed by atoms with Crippen molar-refractivity contribution in [3.63, 3.8) is 0 Å². The number of urea groups is 1. The molecule has 1 fully saturated rings. The molecule has 2 aliphatic rings. The predicted octanol–water partition coefficient (Wildman–Crippen LogP) is 5.67. The van der Waals surface area contributed by atoms with Gasteiger partial charge in [-0.05, 0) is 67.0 Å². The Bertz CT molecular complexity index is 994. The lowest BCUT2D eigenvalue weighted by Gasteiger charge is -2.24. The molecule has 0 aromatic heterocycles. The maximum Gasteiger partial charge on any atom is 0.418 e. The van der Waals surface area contributed by atoms with Gasteiger partial charge in [-0.15, -0.1) is 0 Å². The van der Waals surface area contributed by atoms with E-state index in [2.05, 4.69) is 23.3 Å². The van der Waals surface area contributed by atoms with Crippen LogP contribution in [-0.4, -0.2) is 19.1 Å². The summed E-state index contributed by atoms with van der Waals surface area (Å²) in [6.45, 7) is 5.44. The zero-order chi connectivity index (χ0) is 22.0. The van der Waals surface area contributed by atoms with Crippen molar-refractivity contribution in [1.29, 1.82) is 0 Å². The van der Waals surface area contributed by atoms with Crippen LogP contribution in [0.3, 0.4) is 0 Å². The number of alkyl halides is 3. The summed E-state index contributed by atoms with van der Waals surface area (Å²) in [6.07, 6.45) is -0.0282. The number of hydrogen-bond acceptors (Lipinski definition) is 2. The van der Waals surface area contributed by atoms with E-state index in [1.54, 1.807) is 11.0 Å². The molecule has 0 radical (unpaired) electrons. The van der Waals surface area contributed by atoms with Crippen molar-refractivity contribution in [3.8, 4) is 0 Å². The molecule has 31 heavy (non-hydrogen) atoms. The number of halogens is 3. The van der Waals surface area contributed by atoms with Gasteiger partial charge in [0, 0.05) is 31.0 Å². The van der Waals surface area contributed by atoms with Gasteiger partial charge in [-0.3, -0.25) is 0 Å². The Balaban J connectivity index is 1.45. The normalized spacial score (nSPS) is 16.2. The zero-order valence-electron chi connectivity index (χ0n) is 17.3. The van der Waals surface area contributed by atoms with Gasteiger partial charge in [0.05, 0.1) is 5.56 Å². The molecule has 1 saturated heterocycles. The van der Waals surface area contributed by atoms with Crippen LogP contribution in [0.15, 0.2) is 48.6 Å². The maximum absolute atomic E-state index is 13.4. The molecular weight excluding hydrogens is 403 g/mol. The number of benzene rings is 2. The van der Waals surface area contributed by atoms with Crippen LogP contribution in [0, 0.1) is 0 Å². The third-order valence-electron chi connectivity index (χ3n) is 5.96. The Morgan fingerprint density at radius 2 is 1.87 bits per heavy atom. The summed E-state index contributed by atoms with van der Waals surface area (Å²) < 4.78 is 40.3. The average Bonchev–Trinajstić information content (AvgIpc) is 3.27. The van der Waals surface area contributed by atoms with E-state index in [0.717, 1.165) is 55.0 Å². The molecule has 1 heterocycles. The van der Waals surface area contributed by atoms with Crippen LogP contribution in [0.1, 0.15) is 41.5 Å². The van der Waals surface area contributed by atoms with Gasteiger partial charge in [-0.1, -0.05) is 30.4 Å². The number of allylic oxidation sites excluding steroid dienone is 1. The summed E-state index contributed by atoms with van der Waals surface area (Å²) in [6, 6.07) is 9.54. The largest absolute Gasteiger partial charge is 0.418 e. The van der Waals surface area contributed by atoms with Crippen molar-refractivity contribution < 1.29 is 18.0 Å². The number of fused-ring (bicyclic) bond motifs is 1. The molecule has 4 rings (SSSR count). The number of hydrogen-bond donors (Lipinski definition) is 2. The molecule has 2 aromatic rings. The van der Waals surface area contributed by atoms with Gasteiger partial charge in [0.25, 0.3) is 0 Å². The molecule has 0 unspecified atom stereocenters. The summed E-state index contributed by atoms with van der Waals surface area (Å²) in [4.78, 5) is 14.3. The lowest BCUT2D eigenvalue weighted by Crippen LogP contribution is -2.29. The highest BCUT2D eigenvalue weighted by Crippen LogP contribution is 2.38. The molecule has 2 aromatic carbocycles. The Morgan fingerprint density at radius 1 is 1.10 bits per heavy atom. The first-order valence-corrected chi connectivity index (χ1v) is 10.6. The highest BCUT2D eigenvalue weighted by atomic mass is 19.4. The van der Waals surface area contributed by atoms with Gasteiger partial charge in [0.2, 0.25) is 0 Å². The van der Waals surface area contributed by atoms with Crippen LogP contribution in [-0.2, 0) is 25.6 Å². The Morgan fingerprint density at radius 3 is 2.61 bits per heavy atom. The number of amides is 2. The highest BCUT2D eigenvalue weighted by Gasteiger charge is 2.35. The summed E-state index contributed by atoms with van der Waals surface area (Å²) in [5.74, 6) is 0. The minimum absolute atomic E-state index is 0.145. The second kappa shape index (κ2) is 8.65. The number of nitrogens with zero attached hydrogens (tertiary/aromatic N) is 1. The fraction of sp³-hybridized carbons (Fsp3) is 0.375. The molecular formula is C24H26F3N3O. The molecule has 0 spiro atoms. The first-order valence-electron chi connectivity index (χ1n) is 10.6. The van der Waals surface area contributed by atoms with Crippen LogP contribution < -0.4 is 15.5 Å². The van der Waals surface area contributed by atoms with Crippen LogP contribution >= 0.6 is 0 Å². The first kappa shape index (κ1) is 21.3. The predicted molar refractivity (Wildman–Crippen MR) is 116 cm³/mol. The zero-order valence-corrected chi connectivity index (χ0v) is 17.3. The van der Waals surface area contributed by atoms with Crippen molar-refractivity contribution >= 4 is 17.4 Å². The number of anilines is 2.